The fourth-order valence-corrected chi connectivity index (χ4v) is 5.45. The van der Waals surface area contributed by atoms with E-state index in [1.165, 1.54) is 22.6 Å². The van der Waals surface area contributed by atoms with Crippen LogP contribution in [0.2, 0.25) is 0 Å². The Morgan fingerprint density at radius 3 is 2.29 bits per heavy atom. The zero-order valence-corrected chi connectivity index (χ0v) is 21.5. The molecule has 5 rings (SSSR count). The minimum atomic E-state index is -0.249. The number of aryl methyl sites for hydroxylation is 1. The van der Waals surface area contributed by atoms with Crippen LogP contribution in [-0.2, 0) is 12.0 Å². The first-order chi connectivity index (χ1) is 16.7. The monoisotopic (exact) mass is 490 g/mol. The molecule has 1 saturated heterocycles. The fourth-order valence-electron chi connectivity index (χ4n) is 4.61. The summed E-state index contributed by atoms with van der Waals surface area (Å²) in [6.45, 7) is 12.3. The number of aromatic nitrogens is 2. The first-order valence-electron chi connectivity index (χ1n) is 12.0. The van der Waals surface area contributed by atoms with Crippen LogP contribution in [0.1, 0.15) is 47.3 Å². The Hall–Kier alpha value is -3.03. The van der Waals surface area contributed by atoms with Crippen molar-refractivity contribution >= 4 is 22.2 Å². The highest BCUT2D eigenvalue weighted by Crippen LogP contribution is 2.30. The van der Waals surface area contributed by atoms with Gasteiger partial charge in [0.15, 0.2) is 4.96 Å². The lowest BCUT2D eigenvalue weighted by molar-refractivity contribution is 0.0627. The minimum Gasteiger partial charge on any atom is -0.336 e. The smallest absolute Gasteiger partial charge is 0.253 e. The fraction of sp³-hybridized carbons (Fsp3) is 0.357. The van der Waals surface area contributed by atoms with Crippen molar-refractivity contribution in [2.45, 2.75) is 39.7 Å². The predicted molar refractivity (Wildman–Crippen MR) is 140 cm³/mol. The summed E-state index contributed by atoms with van der Waals surface area (Å²) in [5.41, 5.74) is 4.97. The summed E-state index contributed by atoms with van der Waals surface area (Å²) in [4.78, 5) is 24.4. The van der Waals surface area contributed by atoms with Crippen LogP contribution in [0.15, 0.2) is 54.7 Å². The van der Waals surface area contributed by atoms with Gasteiger partial charge in [-0.1, -0.05) is 32.9 Å². The Bertz CT molecular complexity index is 1340. The molecule has 1 amide bonds. The second kappa shape index (κ2) is 9.21. The summed E-state index contributed by atoms with van der Waals surface area (Å²) in [5, 5.41) is 0. The number of rotatable bonds is 4. The van der Waals surface area contributed by atoms with Crippen LogP contribution >= 0.6 is 11.3 Å². The Morgan fingerprint density at radius 1 is 1.00 bits per heavy atom. The average Bonchev–Trinajstić information content (AvgIpc) is 3.36. The number of benzene rings is 2. The predicted octanol–water partition coefficient (Wildman–Crippen LogP) is 5.77. The van der Waals surface area contributed by atoms with Gasteiger partial charge in [-0.2, -0.15) is 0 Å². The summed E-state index contributed by atoms with van der Waals surface area (Å²) in [7, 11) is 0. The van der Waals surface area contributed by atoms with Crippen molar-refractivity contribution < 1.29 is 9.18 Å². The van der Waals surface area contributed by atoms with E-state index in [-0.39, 0.29) is 17.1 Å². The molecule has 7 heteroatoms. The first kappa shape index (κ1) is 23.7. The number of thiazole rings is 1. The Labute approximate surface area is 209 Å². The zero-order chi connectivity index (χ0) is 24.7. The molecule has 1 aliphatic heterocycles. The molecule has 0 aliphatic carbocycles. The third-order valence-corrected chi connectivity index (χ3v) is 7.59. The van der Waals surface area contributed by atoms with E-state index in [1.807, 2.05) is 17.0 Å². The van der Waals surface area contributed by atoms with Crippen molar-refractivity contribution in [2.24, 2.45) is 0 Å². The van der Waals surface area contributed by atoms with E-state index in [4.69, 9.17) is 4.98 Å². The second-order valence-electron chi connectivity index (χ2n) is 10.3. The minimum absolute atomic E-state index is 0.0695. The number of amides is 1. The highest BCUT2D eigenvalue weighted by atomic mass is 32.1. The summed E-state index contributed by atoms with van der Waals surface area (Å²) in [6, 6.07) is 14.6. The molecule has 4 aromatic rings. The lowest BCUT2D eigenvalue weighted by Gasteiger charge is -2.34. The molecule has 0 spiro atoms. The molecule has 0 unspecified atom stereocenters. The van der Waals surface area contributed by atoms with E-state index in [0.717, 1.165) is 47.1 Å². The molecule has 1 aliphatic rings. The molecule has 182 valence electrons. The van der Waals surface area contributed by atoms with Gasteiger partial charge in [0.25, 0.3) is 5.91 Å². The van der Waals surface area contributed by atoms with E-state index >= 15 is 0 Å². The lowest BCUT2D eigenvalue weighted by atomic mass is 9.86. The number of carbonyl (C=O) groups is 1. The van der Waals surface area contributed by atoms with Crippen LogP contribution in [0.3, 0.4) is 0 Å². The van der Waals surface area contributed by atoms with E-state index in [9.17, 15) is 9.18 Å². The van der Waals surface area contributed by atoms with Crippen molar-refractivity contribution in [2.75, 3.05) is 26.2 Å². The maximum atomic E-state index is 13.5. The van der Waals surface area contributed by atoms with Crippen molar-refractivity contribution in [3.63, 3.8) is 0 Å². The van der Waals surface area contributed by atoms with Gasteiger partial charge >= 0.3 is 0 Å². The molecule has 5 nitrogen and oxygen atoms in total. The van der Waals surface area contributed by atoms with Gasteiger partial charge in [0.1, 0.15) is 5.82 Å². The average molecular weight is 491 g/mol. The number of piperazine rings is 1. The first-order valence-corrected chi connectivity index (χ1v) is 12.9. The summed E-state index contributed by atoms with van der Waals surface area (Å²) >= 11 is 1.66. The van der Waals surface area contributed by atoms with Crippen molar-refractivity contribution in [3.05, 3.63) is 82.2 Å². The van der Waals surface area contributed by atoms with Crippen LogP contribution in [0.4, 0.5) is 4.39 Å². The van der Waals surface area contributed by atoms with Gasteiger partial charge in [-0.15, -0.1) is 11.3 Å². The lowest BCUT2D eigenvalue weighted by Crippen LogP contribution is -2.48. The van der Waals surface area contributed by atoms with Gasteiger partial charge in [0, 0.05) is 54.9 Å². The van der Waals surface area contributed by atoms with E-state index < -0.39 is 0 Å². The number of hydrogen-bond donors (Lipinski definition) is 0. The normalized spacial score (nSPS) is 15.2. The van der Waals surface area contributed by atoms with Crippen LogP contribution in [0.5, 0.6) is 0 Å². The largest absolute Gasteiger partial charge is 0.336 e. The molecule has 35 heavy (non-hydrogen) atoms. The molecule has 0 saturated carbocycles. The summed E-state index contributed by atoms with van der Waals surface area (Å²) < 4.78 is 15.7. The van der Waals surface area contributed by atoms with Crippen LogP contribution in [-0.4, -0.2) is 51.3 Å². The highest BCUT2D eigenvalue weighted by molar-refractivity contribution is 7.17. The quantitative estimate of drug-likeness (QED) is 0.365. The molecule has 0 atom stereocenters. The maximum Gasteiger partial charge on any atom is 0.253 e. The van der Waals surface area contributed by atoms with E-state index in [2.05, 4.69) is 55.3 Å². The second-order valence-corrected chi connectivity index (χ2v) is 11.5. The van der Waals surface area contributed by atoms with Gasteiger partial charge in [-0.3, -0.25) is 14.1 Å². The molecule has 0 radical (unpaired) electrons. The molecule has 2 aromatic heterocycles. The van der Waals surface area contributed by atoms with E-state index in [1.54, 1.807) is 23.5 Å². The molecular weight excluding hydrogens is 459 g/mol. The standard InChI is InChI=1S/C28H31FN4OS/c1-19-17-33-24(25(30-27(33)35-19)20-7-11-23(29)12-8-20)18-31-13-15-32(16-14-31)26(34)21-5-9-22(10-6-21)28(2,3)4/h5-12,17H,13-16,18H2,1-4H3. The summed E-state index contributed by atoms with van der Waals surface area (Å²) in [5.74, 6) is -0.154. The number of nitrogens with zero attached hydrogens (tertiary/aromatic N) is 4. The number of hydrogen-bond acceptors (Lipinski definition) is 4. The molecule has 1 fully saturated rings. The molecular formula is C28H31FN4OS. The zero-order valence-electron chi connectivity index (χ0n) is 20.7. The molecule has 0 N–H and O–H groups in total. The third kappa shape index (κ3) is 4.88. The van der Waals surface area contributed by atoms with Gasteiger partial charge in [0.2, 0.25) is 0 Å². The Morgan fingerprint density at radius 2 is 1.66 bits per heavy atom. The van der Waals surface area contributed by atoms with Crippen LogP contribution in [0, 0.1) is 12.7 Å². The number of halogens is 1. The molecule has 3 heterocycles. The maximum absolute atomic E-state index is 13.5. The van der Waals surface area contributed by atoms with Crippen LogP contribution in [0.25, 0.3) is 16.2 Å². The number of imidazole rings is 1. The van der Waals surface area contributed by atoms with Crippen molar-refractivity contribution in [3.8, 4) is 11.3 Å². The topological polar surface area (TPSA) is 40.9 Å². The SMILES string of the molecule is Cc1cn2c(CN3CCN(C(=O)c4ccc(C(C)(C)C)cc4)CC3)c(-c3ccc(F)cc3)nc2s1. The molecule has 2 aromatic carbocycles. The summed E-state index contributed by atoms with van der Waals surface area (Å²) in [6.07, 6.45) is 2.12. The number of carbonyl (C=O) groups excluding carboxylic acids is 1. The number of fused-ring (bicyclic) bond motifs is 1. The third-order valence-electron chi connectivity index (χ3n) is 6.69. The van der Waals surface area contributed by atoms with E-state index in [0.29, 0.717) is 13.1 Å². The highest BCUT2D eigenvalue weighted by Gasteiger charge is 2.25. The van der Waals surface area contributed by atoms with Gasteiger partial charge in [-0.05, 0) is 54.3 Å². The molecule has 0 bridgehead atoms. The van der Waals surface area contributed by atoms with Gasteiger partial charge in [-0.25, -0.2) is 9.37 Å². The van der Waals surface area contributed by atoms with Crippen LogP contribution < -0.4 is 0 Å². The van der Waals surface area contributed by atoms with Crippen molar-refractivity contribution in [1.29, 1.82) is 0 Å². The van der Waals surface area contributed by atoms with Crippen molar-refractivity contribution in [1.82, 2.24) is 19.2 Å². The van der Waals surface area contributed by atoms with Gasteiger partial charge in [0.05, 0.1) is 11.4 Å². The Kier molecular flexibility index (Phi) is 6.23. The van der Waals surface area contributed by atoms with Gasteiger partial charge < -0.3 is 4.90 Å². The Balaban J connectivity index is 1.30.